The molecule has 7 heteroatoms. The van der Waals surface area contributed by atoms with Gasteiger partial charge in [-0.25, -0.2) is 0 Å². The van der Waals surface area contributed by atoms with Gasteiger partial charge in [-0.15, -0.1) is 0 Å². The van der Waals surface area contributed by atoms with Crippen molar-refractivity contribution >= 4 is 13.6 Å². The van der Waals surface area contributed by atoms with Crippen molar-refractivity contribution < 1.29 is 23.9 Å². The molecule has 0 unspecified atom stereocenters. The van der Waals surface area contributed by atoms with E-state index in [1.54, 1.807) is 0 Å². The van der Waals surface area contributed by atoms with Gasteiger partial charge in [0.2, 0.25) is 0 Å². The summed E-state index contributed by atoms with van der Waals surface area (Å²) in [6.07, 6.45) is 0.962. The van der Waals surface area contributed by atoms with Gasteiger partial charge in [0.25, 0.3) is 0 Å². The van der Waals surface area contributed by atoms with Crippen LogP contribution in [0.1, 0.15) is 26.7 Å². The Morgan fingerprint density at radius 1 is 1.50 bits per heavy atom. The van der Waals surface area contributed by atoms with Crippen molar-refractivity contribution in [1.82, 2.24) is 5.32 Å². The second kappa shape index (κ2) is 6.66. The predicted molar refractivity (Wildman–Crippen MR) is 67.2 cm³/mol. The molecule has 0 aliphatic carbocycles. The van der Waals surface area contributed by atoms with Crippen LogP contribution in [0.4, 0.5) is 0 Å². The Morgan fingerprint density at radius 3 is 2.72 bits per heavy atom. The van der Waals surface area contributed by atoms with Crippen LogP contribution >= 0.6 is 7.60 Å². The average molecular weight is 279 g/mol. The van der Waals surface area contributed by atoms with E-state index in [4.69, 9.17) is 14.5 Å². The molecule has 0 bridgehead atoms. The lowest BCUT2D eigenvalue weighted by Gasteiger charge is -2.29. The summed E-state index contributed by atoms with van der Waals surface area (Å²) >= 11 is 0. The quantitative estimate of drug-likeness (QED) is 0.507. The van der Waals surface area contributed by atoms with Crippen molar-refractivity contribution in [2.45, 2.75) is 32.7 Å². The maximum atomic E-state index is 11.7. The average Bonchev–Trinajstić information content (AvgIpc) is 2.23. The minimum Gasteiger partial charge on any atom is -0.464 e. The largest absolute Gasteiger partial charge is 0.464 e. The molecule has 18 heavy (non-hydrogen) atoms. The van der Waals surface area contributed by atoms with Crippen molar-refractivity contribution in [3.8, 4) is 0 Å². The lowest BCUT2D eigenvalue weighted by molar-refractivity contribution is -0.148. The monoisotopic (exact) mass is 279 g/mol. The maximum absolute atomic E-state index is 11.7. The van der Waals surface area contributed by atoms with Gasteiger partial charge in [0.05, 0.1) is 12.8 Å². The summed E-state index contributed by atoms with van der Waals surface area (Å²) in [6.45, 7) is 4.88. The Bertz CT molecular complexity index is 327. The van der Waals surface area contributed by atoms with E-state index in [1.807, 2.05) is 13.8 Å². The van der Waals surface area contributed by atoms with Gasteiger partial charge in [0.1, 0.15) is 6.04 Å². The molecular formula is C11H22NO5P. The fourth-order valence-electron chi connectivity index (χ4n) is 2.03. The molecule has 3 N–H and O–H groups in total. The van der Waals surface area contributed by atoms with Crippen LogP contribution in [0.15, 0.2) is 0 Å². The highest BCUT2D eigenvalue weighted by Crippen LogP contribution is 2.39. The molecule has 1 fully saturated rings. The SMILES string of the molecule is CC(C)COC(=O)[C@H]1C[C@@H](CP(=O)(O)O)CCN1. The smallest absolute Gasteiger partial charge is 0.325 e. The van der Waals surface area contributed by atoms with Crippen LogP contribution in [0.25, 0.3) is 0 Å². The predicted octanol–water partition coefficient (Wildman–Crippen LogP) is 0.732. The van der Waals surface area contributed by atoms with E-state index in [0.717, 1.165) is 0 Å². The number of hydrogen-bond acceptors (Lipinski definition) is 4. The summed E-state index contributed by atoms with van der Waals surface area (Å²) in [6, 6.07) is -0.436. The second-order valence-electron chi connectivity index (χ2n) is 5.27. The van der Waals surface area contributed by atoms with Crippen molar-refractivity contribution in [3.63, 3.8) is 0 Å². The van der Waals surface area contributed by atoms with E-state index in [9.17, 15) is 9.36 Å². The third-order valence-corrected chi connectivity index (χ3v) is 3.84. The molecule has 0 amide bonds. The zero-order valence-electron chi connectivity index (χ0n) is 10.8. The molecular weight excluding hydrogens is 257 g/mol. The number of nitrogens with one attached hydrogen (secondary N) is 1. The van der Waals surface area contributed by atoms with E-state index < -0.39 is 13.6 Å². The summed E-state index contributed by atoms with van der Waals surface area (Å²) in [5.41, 5.74) is 0. The highest BCUT2D eigenvalue weighted by atomic mass is 31.2. The van der Waals surface area contributed by atoms with Crippen molar-refractivity contribution in [2.75, 3.05) is 19.3 Å². The number of ether oxygens (including phenoxy) is 1. The van der Waals surface area contributed by atoms with Crippen LogP contribution in [0.2, 0.25) is 0 Å². The standard InChI is InChI=1S/C11H22NO5P/c1-8(2)6-17-11(13)10-5-9(3-4-12-10)7-18(14,15)16/h8-10,12H,3-7H2,1-2H3,(H2,14,15,16)/t9-,10+/m0/s1. The minimum atomic E-state index is -4.00. The normalized spacial score (nSPS) is 25.2. The van der Waals surface area contributed by atoms with Crippen molar-refractivity contribution in [3.05, 3.63) is 0 Å². The van der Waals surface area contributed by atoms with Gasteiger partial charge in [-0.3, -0.25) is 9.36 Å². The number of piperidine rings is 1. The van der Waals surface area contributed by atoms with Gasteiger partial charge in [-0.2, -0.15) is 0 Å². The number of esters is 1. The Morgan fingerprint density at radius 2 is 2.17 bits per heavy atom. The number of hydrogen-bond donors (Lipinski definition) is 3. The molecule has 1 aliphatic rings. The van der Waals surface area contributed by atoms with Crippen LogP contribution in [-0.4, -0.2) is 41.1 Å². The van der Waals surface area contributed by atoms with Crippen LogP contribution in [0.3, 0.4) is 0 Å². The summed E-state index contributed by atoms with van der Waals surface area (Å²) < 4.78 is 16.1. The number of carbonyl (C=O) groups is 1. The summed E-state index contributed by atoms with van der Waals surface area (Å²) in [5, 5.41) is 3.03. The van der Waals surface area contributed by atoms with Gasteiger partial charge in [0, 0.05) is 0 Å². The van der Waals surface area contributed by atoms with E-state index >= 15 is 0 Å². The first-order valence-electron chi connectivity index (χ1n) is 6.22. The van der Waals surface area contributed by atoms with Gasteiger partial charge < -0.3 is 19.8 Å². The third kappa shape index (κ3) is 5.96. The Kier molecular flexibility index (Phi) is 5.79. The molecule has 1 heterocycles. The first kappa shape index (κ1) is 15.6. The molecule has 0 saturated carbocycles. The molecule has 0 aromatic rings. The van der Waals surface area contributed by atoms with Gasteiger partial charge in [-0.1, -0.05) is 13.8 Å². The van der Waals surface area contributed by atoms with E-state index in [-0.39, 0.29) is 24.0 Å². The molecule has 6 nitrogen and oxygen atoms in total. The summed E-state index contributed by atoms with van der Waals surface area (Å²) in [5.74, 6) is -0.161. The highest BCUT2D eigenvalue weighted by Gasteiger charge is 2.31. The summed E-state index contributed by atoms with van der Waals surface area (Å²) in [7, 11) is -4.00. The number of rotatable bonds is 5. The second-order valence-corrected chi connectivity index (χ2v) is 6.96. The molecule has 0 aromatic carbocycles. The lowest BCUT2D eigenvalue weighted by atomic mass is 9.94. The minimum absolute atomic E-state index is 0.122. The first-order valence-corrected chi connectivity index (χ1v) is 8.02. The fraction of sp³-hybridized carbons (Fsp3) is 0.909. The molecule has 0 spiro atoms. The van der Waals surface area contributed by atoms with Crippen LogP contribution < -0.4 is 5.32 Å². The van der Waals surface area contributed by atoms with Crippen LogP contribution in [0, 0.1) is 11.8 Å². The molecule has 0 radical (unpaired) electrons. The molecule has 1 saturated heterocycles. The first-order chi connectivity index (χ1) is 8.28. The van der Waals surface area contributed by atoms with E-state index in [2.05, 4.69) is 5.32 Å². The van der Waals surface area contributed by atoms with Crippen molar-refractivity contribution in [2.24, 2.45) is 11.8 Å². The van der Waals surface area contributed by atoms with Crippen molar-refractivity contribution in [1.29, 1.82) is 0 Å². The molecule has 2 atom stereocenters. The molecule has 0 aromatic heterocycles. The topological polar surface area (TPSA) is 95.9 Å². The Balaban J connectivity index is 2.43. The Labute approximate surface area is 107 Å². The Hall–Kier alpha value is -0.420. The molecule has 1 aliphatic heterocycles. The number of carbonyl (C=O) groups excluding carboxylic acids is 1. The van der Waals surface area contributed by atoms with Gasteiger partial charge >= 0.3 is 13.6 Å². The van der Waals surface area contributed by atoms with Crippen LogP contribution in [-0.2, 0) is 14.1 Å². The zero-order valence-corrected chi connectivity index (χ0v) is 11.7. The maximum Gasteiger partial charge on any atom is 0.325 e. The zero-order chi connectivity index (χ0) is 13.8. The summed E-state index contributed by atoms with van der Waals surface area (Å²) in [4.78, 5) is 29.6. The fourth-order valence-corrected chi connectivity index (χ4v) is 3.03. The third-order valence-electron chi connectivity index (χ3n) is 2.85. The van der Waals surface area contributed by atoms with Crippen LogP contribution in [0.5, 0.6) is 0 Å². The lowest BCUT2D eigenvalue weighted by Crippen LogP contribution is -2.45. The van der Waals surface area contributed by atoms with E-state index in [1.165, 1.54) is 0 Å². The van der Waals surface area contributed by atoms with Gasteiger partial charge in [-0.05, 0) is 31.2 Å². The highest BCUT2D eigenvalue weighted by molar-refractivity contribution is 7.51. The van der Waals surface area contributed by atoms with Gasteiger partial charge in [0.15, 0.2) is 0 Å². The molecule has 1 rings (SSSR count). The molecule has 106 valence electrons. The van der Waals surface area contributed by atoms with E-state index in [0.29, 0.717) is 26.0 Å².